The van der Waals surface area contributed by atoms with E-state index in [1.807, 2.05) is 18.2 Å². The number of fused-ring (bicyclic) bond motifs is 4. The van der Waals surface area contributed by atoms with Crippen LogP contribution in [-0.2, 0) is 24.9 Å². The molecule has 0 spiro atoms. The smallest absolute Gasteiger partial charge is 0.365 e. The van der Waals surface area contributed by atoms with Crippen molar-refractivity contribution >= 4 is 62.5 Å². The molecule has 3 saturated carbocycles. The molecule has 6 aromatic heterocycles. The van der Waals surface area contributed by atoms with Gasteiger partial charge in [0.1, 0.15) is 24.0 Å². The second-order valence-corrected chi connectivity index (χ2v) is 18.5. The second kappa shape index (κ2) is 18.7. The van der Waals surface area contributed by atoms with Crippen molar-refractivity contribution in [3.8, 4) is 11.4 Å². The molecule has 1 unspecified atom stereocenters. The van der Waals surface area contributed by atoms with Gasteiger partial charge in [0.05, 0.1) is 12.4 Å². The van der Waals surface area contributed by atoms with Gasteiger partial charge in [-0.1, -0.05) is 35.9 Å². The summed E-state index contributed by atoms with van der Waals surface area (Å²) in [4.78, 5) is 34.8. The van der Waals surface area contributed by atoms with Gasteiger partial charge in [0.25, 0.3) is 0 Å². The van der Waals surface area contributed by atoms with E-state index in [0.29, 0.717) is 27.4 Å². The zero-order valence-electron chi connectivity index (χ0n) is 38.2. The van der Waals surface area contributed by atoms with E-state index in [0.717, 1.165) is 56.9 Å². The predicted octanol–water partition coefficient (Wildman–Crippen LogP) is 11.6. The molecular formula is C48H38ClF10N15. The number of hydrogen-bond donors (Lipinski definition) is 3. The van der Waals surface area contributed by atoms with Crippen LogP contribution in [0.15, 0.2) is 91.8 Å². The topological polar surface area (TPSA) is 167 Å². The number of nitrogens with one attached hydrogen (secondary N) is 3. The third kappa shape index (κ3) is 10.3. The molecule has 1 atom stereocenters. The quantitative estimate of drug-likeness (QED) is 0.117. The third-order valence-corrected chi connectivity index (χ3v) is 12.6. The number of nitrogens with zero attached hydrogens (tertiary/aromatic N) is 12. The molecule has 74 heavy (non-hydrogen) atoms. The van der Waals surface area contributed by atoms with Gasteiger partial charge in [0.2, 0.25) is 17.5 Å². The molecule has 3 aromatic carbocycles. The van der Waals surface area contributed by atoms with Gasteiger partial charge in [-0.15, -0.1) is 0 Å². The van der Waals surface area contributed by atoms with Crippen molar-refractivity contribution in [3.63, 3.8) is 0 Å². The first kappa shape index (κ1) is 48.6. The lowest BCUT2D eigenvalue weighted by atomic mass is 10.1. The normalized spacial score (nSPS) is 16.7. The number of aromatic nitrogens is 12. The molecule has 26 heteroatoms. The zero-order valence-corrected chi connectivity index (χ0v) is 38.9. The summed E-state index contributed by atoms with van der Waals surface area (Å²) in [5, 5.41) is 9.56. The third-order valence-electron chi connectivity index (χ3n) is 12.4. The highest BCUT2D eigenvalue weighted by Gasteiger charge is 2.40. The highest BCUT2D eigenvalue weighted by atomic mass is 35.5. The number of alkyl halides is 9. The summed E-state index contributed by atoms with van der Waals surface area (Å²) in [7, 11) is 0. The summed E-state index contributed by atoms with van der Waals surface area (Å²) in [5.74, 6) is -3.63. The number of hydrogen-bond acceptors (Lipinski definition) is 12. The van der Waals surface area contributed by atoms with Crippen LogP contribution in [0.25, 0.3) is 44.9 Å². The number of halogens is 11. The van der Waals surface area contributed by atoms with E-state index in [2.05, 4.69) is 66.9 Å². The Morgan fingerprint density at radius 2 is 0.878 bits per heavy atom. The number of aryl methyl sites for hydroxylation is 1. The van der Waals surface area contributed by atoms with Gasteiger partial charge in [0.15, 0.2) is 45.4 Å². The molecule has 4 aliphatic carbocycles. The van der Waals surface area contributed by atoms with Gasteiger partial charge in [0, 0.05) is 34.5 Å². The van der Waals surface area contributed by atoms with Crippen LogP contribution in [0.5, 0.6) is 0 Å². The minimum Gasteiger partial charge on any atom is -0.365 e. The molecule has 382 valence electrons. The lowest BCUT2D eigenvalue weighted by molar-refractivity contribution is -0.145. The Balaban J connectivity index is 0.000000119. The molecule has 0 bridgehead atoms. The second-order valence-electron chi connectivity index (χ2n) is 18.0. The van der Waals surface area contributed by atoms with Gasteiger partial charge in [-0.05, 0) is 111 Å². The Bertz CT molecular complexity index is 3370. The van der Waals surface area contributed by atoms with Crippen molar-refractivity contribution in [1.29, 1.82) is 0 Å². The molecule has 9 aromatic rings. The van der Waals surface area contributed by atoms with Gasteiger partial charge in [-0.25, -0.2) is 49.2 Å². The monoisotopic (exact) mass is 1050 g/mol. The molecule has 0 saturated heterocycles. The Morgan fingerprint density at radius 3 is 1.32 bits per heavy atom. The fourth-order valence-electron chi connectivity index (χ4n) is 8.29. The highest BCUT2D eigenvalue weighted by Crippen LogP contribution is 2.39. The van der Waals surface area contributed by atoms with Crippen LogP contribution >= 0.6 is 11.6 Å². The first-order chi connectivity index (χ1) is 35.3. The van der Waals surface area contributed by atoms with E-state index >= 15 is 0 Å². The average molecular weight is 1050 g/mol. The molecule has 6 heterocycles. The predicted molar refractivity (Wildman–Crippen MR) is 251 cm³/mol. The maximum absolute atomic E-state index is 13.3. The molecule has 15 nitrogen and oxygen atoms in total. The number of rotatable bonds is 9. The van der Waals surface area contributed by atoms with Gasteiger partial charge in [-0.2, -0.15) is 39.5 Å². The van der Waals surface area contributed by atoms with Crippen molar-refractivity contribution < 1.29 is 43.9 Å². The van der Waals surface area contributed by atoms with Crippen molar-refractivity contribution in [1.82, 2.24) is 58.6 Å². The number of imidazole rings is 3. The summed E-state index contributed by atoms with van der Waals surface area (Å²) in [6.45, 7) is 0. The van der Waals surface area contributed by atoms with Crippen LogP contribution in [0, 0.1) is 5.82 Å². The highest BCUT2D eigenvalue weighted by molar-refractivity contribution is 6.30. The van der Waals surface area contributed by atoms with Crippen molar-refractivity contribution in [2.75, 3.05) is 16.0 Å². The minimum atomic E-state index is -4.67. The fourth-order valence-corrected chi connectivity index (χ4v) is 8.42. The standard InChI is InChI=1S/C18H16F3N5.C15H11ClF3N5.C15H11F4N5/c19-18(20,21)17-24-15(23-11-6-7-11)14-16(25-17)26(9-22-14)13-8-5-10-3-1-2-4-12(10)13;2*16-8-1-5-10(6-2-8)24-7-20-11-12(21-9-3-4-9)22-14(15(17,18)19)23-13(11)24/h1-4,9,11,13H,5-8H2,(H,23,24,25);2*1-2,5-7,9H,3-4H2,(H,21,22,23). The Kier molecular flexibility index (Phi) is 12.2. The minimum absolute atomic E-state index is 0.0204. The van der Waals surface area contributed by atoms with Gasteiger partial charge >= 0.3 is 18.5 Å². The van der Waals surface area contributed by atoms with E-state index in [1.54, 1.807) is 35.2 Å². The van der Waals surface area contributed by atoms with E-state index < -0.39 is 41.8 Å². The zero-order chi connectivity index (χ0) is 51.7. The van der Waals surface area contributed by atoms with Crippen molar-refractivity contribution in [2.24, 2.45) is 0 Å². The molecule has 4 aliphatic rings. The molecule has 0 radical (unpaired) electrons. The maximum atomic E-state index is 13.3. The van der Waals surface area contributed by atoms with Crippen LogP contribution in [-0.4, -0.2) is 76.7 Å². The lowest BCUT2D eigenvalue weighted by Crippen LogP contribution is -2.16. The van der Waals surface area contributed by atoms with Crippen LogP contribution in [0.4, 0.5) is 61.4 Å². The van der Waals surface area contributed by atoms with E-state index in [4.69, 9.17) is 11.6 Å². The molecule has 0 amide bonds. The molecular weight excluding hydrogens is 1010 g/mol. The molecule has 3 fully saturated rings. The lowest BCUT2D eigenvalue weighted by Gasteiger charge is -2.15. The maximum Gasteiger partial charge on any atom is 0.451 e. The average Bonchev–Trinajstić information content (AvgIpc) is 4.33. The number of anilines is 3. The summed E-state index contributed by atoms with van der Waals surface area (Å²) < 4.78 is 136. The number of benzene rings is 3. The first-order valence-corrected chi connectivity index (χ1v) is 23.6. The largest absolute Gasteiger partial charge is 0.451 e. The van der Waals surface area contributed by atoms with E-state index in [-0.39, 0.29) is 64.1 Å². The van der Waals surface area contributed by atoms with Crippen LogP contribution < -0.4 is 16.0 Å². The van der Waals surface area contributed by atoms with E-state index in [9.17, 15) is 43.9 Å². The molecule has 3 N–H and O–H groups in total. The summed E-state index contributed by atoms with van der Waals surface area (Å²) >= 11 is 5.86. The van der Waals surface area contributed by atoms with Crippen LogP contribution in [0.3, 0.4) is 0 Å². The Labute approximate surface area is 416 Å². The van der Waals surface area contributed by atoms with Crippen molar-refractivity contribution in [2.45, 2.75) is 94.1 Å². The molecule has 13 rings (SSSR count). The Morgan fingerprint density at radius 1 is 0.473 bits per heavy atom. The van der Waals surface area contributed by atoms with Crippen LogP contribution in [0.2, 0.25) is 5.02 Å². The summed E-state index contributed by atoms with van der Waals surface area (Å²) in [6, 6.07) is 20.4. The van der Waals surface area contributed by atoms with Gasteiger partial charge < -0.3 is 20.5 Å². The SMILES string of the molecule is FC(F)(F)c1nc(NC2CC2)c2ncn(-c3ccc(Cl)cc3)c2n1.FC(F)(F)c1nc(NC2CC2)c2ncn(C3CCc4ccccc43)c2n1.Fc1ccc(-n2cnc3c(NC4CC4)nc(C(F)(F)F)nc32)cc1. The summed E-state index contributed by atoms with van der Waals surface area (Å²) in [5.41, 5.74) is 4.73. The fraction of sp³-hybridized carbons (Fsp3) is 0.312. The first-order valence-electron chi connectivity index (χ1n) is 23.2. The molecule has 0 aliphatic heterocycles. The van der Waals surface area contributed by atoms with Gasteiger partial charge in [-0.3, -0.25) is 9.13 Å². The Hall–Kier alpha value is -7.70. The van der Waals surface area contributed by atoms with Crippen molar-refractivity contribution in [3.05, 3.63) is 131 Å². The summed E-state index contributed by atoms with van der Waals surface area (Å²) in [6.07, 6.45) is -2.38. The van der Waals surface area contributed by atoms with E-state index in [1.165, 1.54) is 51.6 Å². The van der Waals surface area contributed by atoms with Crippen LogP contribution in [0.1, 0.15) is 79.6 Å².